The molecule has 23 heavy (non-hydrogen) atoms. The molecule has 0 aliphatic heterocycles. The molecule has 1 heterocycles. The molecule has 6 heteroatoms. The third-order valence-electron chi connectivity index (χ3n) is 3.19. The summed E-state index contributed by atoms with van der Waals surface area (Å²) >= 11 is 11.0. The van der Waals surface area contributed by atoms with Crippen LogP contribution in [-0.4, -0.2) is 10.5 Å². The van der Waals surface area contributed by atoms with E-state index in [9.17, 15) is 4.79 Å². The number of hydrogen-bond donors (Lipinski definition) is 0. The van der Waals surface area contributed by atoms with Crippen molar-refractivity contribution in [2.24, 2.45) is 4.99 Å². The Morgan fingerprint density at radius 2 is 2.04 bits per heavy atom. The highest BCUT2D eigenvalue weighted by atomic mass is 79.9. The number of benzene rings is 2. The Morgan fingerprint density at radius 1 is 1.30 bits per heavy atom. The number of aromatic nitrogens is 1. The highest BCUT2D eigenvalue weighted by molar-refractivity contribution is 9.10. The summed E-state index contributed by atoms with van der Waals surface area (Å²) in [6.07, 6.45) is 5.45. The summed E-state index contributed by atoms with van der Waals surface area (Å²) in [5.74, 6) is 2.27. The van der Waals surface area contributed by atoms with E-state index < -0.39 is 0 Å². The van der Waals surface area contributed by atoms with Crippen molar-refractivity contribution in [3.05, 3.63) is 62.3 Å². The molecular weight excluding hydrogens is 396 g/mol. The molecule has 0 spiro atoms. The maximum atomic E-state index is 12.4. The number of carbonyl (C=O) groups excluding carboxylic acids is 1. The van der Waals surface area contributed by atoms with Gasteiger partial charge in [0.05, 0.1) is 21.8 Å². The first-order valence-electron chi connectivity index (χ1n) is 6.66. The van der Waals surface area contributed by atoms with E-state index in [2.05, 4.69) is 26.8 Å². The third kappa shape index (κ3) is 3.25. The van der Waals surface area contributed by atoms with Crippen LogP contribution in [0.5, 0.6) is 0 Å². The molecule has 0 saturated heterocycles. The maximum absolute atomic E-state index is 12.4. The summed E-state index contributed by atoms with van der Waals surface area (Å²) < 4.78 is 3.64. The molecule has 0 radical (unpaired) electrons. The molecule has 0 atom stereocenters. The van der Waals surface area contributed by atoms with Crippen LogP contribution in [0.15, 0.2) is 51.9 Å². The lowest BCUT2D eigenvalue weighted by molar-refractivity contribution is 0.0998. The van der Waals surface area contributed by atoms with Crippen molar-refractivity contribution in [2.45, 2.75) is 6.54 Å². The fraction of sp³-hybridized carbons (Fsp3) is 0.0588. The first kappa shape index (κ1) is 16.0. The first-order chi connectivity index (χ1) is 11.1. The van der Waals surface area contributed by atoms with Gasteiger partial charge in [-0.2, -0.15) is 4.99 Å². The fourth-order valence-corrected chi connectivity index (χ4v) is 3.81. The molecule has 0 fully saturated rings. The molecule has 3 rings (SSSR count). The minimum atomic E-state index is -0.314. The summed E-state index contributed by atoms with van der Waals surface area (Å²) in [6.45, 7) is 0.302. The molecular formula is C17H10BrClN2OS. The Balaban J connectivity index is 2.17. The number of fused-ring (bicyclic) bond motifs is 1. The molecule has 2 aromatic carbocycles. The summed E-state index contributed by atoms with van der Waals surface area (Å²) in [7, 11) is 0. The van der Waals surface area contributed by atoms with Crippen molar-refractivity contribution in [2.75, 3.05) is 0 Å². The van der Waals surface area contributed by atoms with Crippen molar-refractivity contribution in [1.29, 1.82) is 0 Å². The largest absolute Gasteiger partial charge is 0.303 e. The third-order valence-corrected chi connectivity index (χ3v) is 5.07. The van der Waals surface area contributed by atoms with Crippen molar-refractivity contribution in [3.8, 4) is 12.3 Å². The average molecular weight is 406 g/mol. The van der Waals surface area contributed by atoms with E-state index in [1.54, 1.807) is 34.9 Å². The van der Waals surface area contributed by atoms with E-state index in [-0.39, 0.29) is 5.91 Å². The van der Waals surface area contributed by atoms with Crippen LogP contribution in [0.4, 0.5) is 0 Å². The molecule has 0 N–H and O–H groups in total. The van der Waals surface area contributed by atoms with Gasteiger partial charge >= 0.3 is 0 Å². The second-order valence-corrected chi connectivity index (χ2v) is 7.02. The van der Waals surface area contributed by atoms with E-state index >= 15 is 0 Å². The smallest absolute Gasteiger partial charge is 0.279 e. The normalized spacial score (nSPS) is 11.6. The lowest BCUT2D eigenvalue weighted by atomic mass is 10.2. The molecule has 0 saturated carbocycles. The van der Waals surface area contributed by atoms with Crippen molar-refractivity contribution < 1.29 is 4.79 Å². The zero-order valence-electron chi connectivity index (χ0n) is 11.8. The second-order valence-electron chi connectivity index (χ2n) is 4.69. The van der Waals surface area contributed by atoms with E-state index in [4.69, 9.17) is 18.0 Å². The average Bonchev–Trinajstić information content (AvgIpc) is 2.87. The number of carbonyl (C=O) groups is 1. The van der Waals surface area contributed by atoms with Gasteiger partial charge in [0.2, 0.25) is 0 Å². The number of amides is 1. The van der Waals surface area contributed by atoms with Crippen molar-refractivity contribution in [1.82, 2.24) is 4.57 Å². The Labute approximate surface area is 150 Å². The summed E-state index contributed by atoms with van der Waals surface area (Å²) in [6, 6.07) is 12.7. The van der Waals surface area contributed by atoms with Gasteiger partial charge < -0.3 is 4.57 Å². The summed E-state index contributed by atoms with van der Waals surface area (Å²) in [5.41, 5.74) is 1.32. The number of terminal acetylenes is 1. The van der Waals surface area contributed by atoms with Crippen molar-refractivity contribution >= 4 is 55.0 Å². The number of nitrogens with zero attached hydrogens (tertiary/aromatic N) is 2. The lowest BCUT2D eigenvalue weighted by Crippen LogP contribution is -2.16. The number of hydrogen-bond acceptors (Lipinski definition) is 2. The van der Waals surface area contributed by atoms with Gasteiger partial charge in [-0.3, -0.25) is 4.79 Å². The van der Waals surface area contributed by atoms with Gasteiger partial charge in [0, 0.05) is 10.0 Å². The molecule has 0 aliphatic rings. The number of halogens is 2. The molecule has 0 bridgehead atoms. The van der Waals surface area contributed by atoms with Crippen LogP contribution < -0.4 is 4.80 Å². The molecule has 0 unspecified atom stereocenters. The fourth-order valence-electron chi connectivity index (χ4n) is 2.15. The zero-order chi connectivity index (χ0) is 16.4. The molecule has 3 aromatic rings. The minimum absolute atomic E-state index is 0.302. The molecule has 1 amide bonds. The quantitative estimate of drug-likeness (QED) is 0.578. The van der Waals surface area contributed by atoms with Crippen molar-refractivity contribution in [3.63, 3.8) is 0 Å². The Kier molecular flexibility index (Phi) is 4.67. The monoisotopic (exact) mass is 404 g/mol. The van der Waals surface area contributed by atoms with Crippen LogP contribution in [0.3, 0.4) is 0 Å². The van der Waals surface area contributed by atoms with Gasteiger partial charge in [-0.1, -0.05) is 50.9 Å². The van der Waals surface area contributed by atoms with Gasteiger partial charge in [0.1, 0.15) is 0 Å². The summed E-state index contributed by atoms with van der Waals surface area (Å²) in [5, 5.41) is 0.589. The Morgan fingerprint density at radius 3 is 2.74 bits per heavy atom. The van der Waals surface area contributed by atoms with E-state index in [0.717, 1.165) is 14.7 Å². The van der Waals surface area contributed by atoms with Crippen LogP contribution in [0, 0.1) is 12.3 Å². The predicted molar refractivity (Wildman–Crippen MR) is 97.7 cm³/mol. The maximum Gasteiger partial charge on any atom is 0.279 e. The van der Waals surface area contributed by atoms with Crippen LogP contribution in [0.1, 0.15) is 10.4 Å². The van der Waals surface area contributed by atoms with Gasteiger partial charge in [-0.05, 0) is 36.4 Å². The second kappa shape index (κ2) is 6.71. The highest BCUT2D eigenvalue weighted by Crippen LogP contribution is 2.25. The lowest BCUT2D eigenvalue weighted by Gasteiger charge is -2.01. The highest BCUT2D eigenvalue weighted by Gasteiger charge is 2.11. The zero-order valence-corrected chi connectivity index (χ0v) is 15.0. The van der Waals surface area contributed by atoms with Gasteiger partial charge in [-0.25, -0.2) is 0 Å². The van der Waals surface area contributed by atoms with Crippen LogP contribution in [0.25, 0.3) is 10.2 Å². The van der Waals surface area contributed by atoms with Crippen LogP contribution in [0.2, 0.25) is 5.02 Å². The summed E-state index contributed by atoms with van der Waals surface area (Å²) in [4.78, 5) is 17.1. The standard InChI is InChI=1S/C17H10BrClN2OS/c1-2-10-21-15-13(19)4-3-5-14(15)23-17(21)20-16(22)11-6-8-12(18)9-7-11/h1,3-9H,10H2. The SMILES string of the molecule is C#CCn1c(=NC(=O)c2ccc(Br)cc2)sc2cccc(Cl)c21. The first-order valence-corrected chi connectivity index (χ1v) is 8.65. The van der Waals surface area contributed by atoms with E-state index in [1.165, 1.54) is 11.3 Å². The predicted octanol–water partition coefficient (Wildman–Crippen LogP) is 4.49. The van der Waals surface area contributed by atoms with Crippen LogP contribution in [-0.2, 0) is 6.54 Å². The minimum Gasteiger partial charge on any atom is -0.303 e. The van der Waals surface area contributed by atoms with E-state index in [0.29, 0.717) is 21.9 Å². The molecule has 114 valence electrons. The van der Waals surface area contributed by atoms with E-state index in [1.807, 2.05) is 12.1 Å². The molecule has 0 aliphatic carbocycles. The number of para-hydroxylation sites is 1. The number of thiazole rings is 1. The Hall–Kier alpha value is -1.87. The van der Waals surface area contributed by atoms with Gasteiger partial charge in [0.25, 0.3) is 5.91 Å². The molecule has 1 aromatic heterocycles. The van der Waals surface area contributed by atoms with Gasteiger partial charge in [0.15, 0.2) is 4.80 Å². The van der Waals surface area contributed by atoms with Crippen LogP contribution >= 0.6 is 38.9 Å². The molecule has 3 nitrogen and oxygen atoms in total. The Bertz CT molecular complexity index is 996. The number of rotatable bonds is 2. The van der Waals surface area contributed by atoms with Gasteiger partial charge in [-0.15, -0.1) is 6.42 Å². The topological polar surface area (TPSA) is 34.4 Å².